The molecule has 70 heavy (non-hydrogen) atoms. The van der Waals surface area contributed by atoms with Crippen LogP contribution in [0.25, 0.3) is 10.9 Å². The Morgan fingerprint density at radius 3 is 2.33 bits per heavy atom. The zero-order valence-corrected chi connectivity index (χ0v) is 39.9. The van der Waals surface area contributed by atoms with E-state index in [9.17, 15) is 33.2 Å². The molecule has 10 rings (SSSR count). The number of aldehydes is 1. The molecule has 4 aromatic rings. The monoisotopic (exact) mass is 954 g/mol. The summed E-state index contributed by atoms with van der Waals surface area (Å²) in [5.41, 5.74) is 4.13. The number of carbonyl (C=O) groups excluding carboxylic acids is 6. The van der Waals surface area contributed by atoms with Crippen LogP contribution in [0.15, 0.2) is 72.9 Å². The highest BCUT2D eigenvalue weighted by Gasteiger charge is 2.45. The van der Waals surface area contributed by atoms with Crippen LogP contribution in [0.4, 0.5) is 15.8 Å². The van der Waals surface area contributed by atoms with Crippen molar-refractivity contribution in [3.05, 3.63) is 95.4 Å². The minimum atomic E-state index is -0.986. The molecule has 0 spiro atoms. The topological polar surface area (TPSA) is 165 Å². The maximum Gasteiger partial charge on any atom is 0.262 e. The zero-order chi connectivity index (χ0) is 48.5. The highest BCUT2D eigenvalue weighted by atomic mass is 19.1. The normalized spacial score (nSPS) is 24.3. The van der Waals surface area contributed by atoms with Gasteiger partial charge in [0, 0.05) is 106 Å². The largest absolute Gasteiger partial charge is 0.490 e. The predicted molar refractivity (Wildman–Crippen MR) is 262 cm³/mol. The Kier molecular flexibility index (Phi) is 14.1. The van der Waals surface area contributed by atoms with E-state index >= 15 is 0 Å². The summed E-state index contributed by atoms with van der Waals surface area (Å²) in [6.07, 6.45) is 10.6. The van der Waals surface area contributed by atoms with Crippen LogP contribution in [-0.4, -0.2) is 144 Å². The summed E-state index contributed by atoms with van der Waals surface area (Å²) >= 11 is 0. The molecule has 6 aliphatic rings. The Morgan fingerprint density at radius 1 is 0.829 bits per heavy atom. The number of anilines is 2. The van der Waals surface area contributed by atoms with Gasteiger partial charge in [-0.25, -0.2) is 4.39 Å². The Bertz CT molecular complexity index is 2630. The number of piperazine rings is 1. The number of rotatable bonds is 13. The third-order valence-electron chi connectivity index (χ3n) is 16.2. The molecule has 3 atom stereocenters. The molecule has 5 fully saturated rings. The molecule has 5 amide bonds. The molecule has 5 aliphatic heterocycles. The molecule has 16 heteroatoms. The van der Waals surface area contributed by atoms with E-state index in [2.05, 4.69) is 35.2 Å². The number of likely N-dealkylation sites (tertiary alicyclic amines) is 2. The number of carbonyl (C=O) groups is 6. The summed E-state index contributed by atoms with van der Waals surface area (Å²) < 4.78 is 20.6. The fourth-order valence-corrected chi connectivity index (χ4v) is 12.0. The summed E-state index contributed by atoms with van der Waals surface area (Å²) in [5.74, 6) is -1.07. The van der Waals surface area contributed by atoms with Crippen LogP contribution in [-0.2, 0) is 19.2 Å². The van der Waals surface area contributed by atoms with E-state index in [-0.39, 0.29) is 54.1 Å². The van der Waals surface area contributed by atoms with Crippen molar-refractivity contribution in [3.8, 4) is 5.75 Å². The molecule has 0 bridgehead atoms. The molecule has 4 saturated heterocycles. The first-order chi connectivity index (χ1) is 34.0. The summed E-state index contributed by atoms with van der Waals surface area (Å²) in [6.45, 7) is 9.39. The molecule has 3 aromatic carbocycles. The van der Waals surface area contributed by atoms with Crippen LogP contribution in [0.1, 0.15) is 103 Å². The number of pyridine rings is 1. The Morgan fingerprint density at radius 2 is 1.59 bits per heavy atom. The molecule has 1 aromatic heterocycles. The summed E-state index contributed by atoms with van der Waals surface area (Å²) in [6, 6.07) is 19.1. The lowest BCUT2D eigenvalue weighted by atomic mass is 9.73. The zero-order valence-electron chi connectivity index (χ0n) is 39.9. The maximum absolute atomic E-state index is 14.1. The summed E-state index contributed by atoms with van der Waals surface area (Å²) in [4.78, 5) is 91.7. The molecule has 368 valence electrons. The number of fused-ring (bicyclic) bond motifs is 2. The van der Waals surface area contributed by atoms with Crippen LogP contribution >= 0.6 is 0 Å². The first-order valence-corrected chi connectivity index (χ1v) is 25.4. The Balaban J connectivity index is 0.635. The fourth-order valence-electron chi connectivity index (χ4n) is 12.0. The predicted octanol–water partition coefficient (Wildman–Crippen LogP) is 6.02. The van der Waals surface area contributed by atoms with Crippen molar-refractivity contribution in [2.75, 3.05) is 69.1 Å². The Hall–Kier alpha value is -6.10. The van der Waals surface area contributed by atoms with Gasteiger partial charge in [-0.05, 0) is 130 Å². The minimum Gasteiger partial charge on any atom is -0.490 e. The number of nitrogens with one attached hydrogen (secondary N) is 2. The molecule has 2 N–H and O–H groups in total. The third-order valence-corrected chi connectivity index (χ3v) is 16.2. The number of imide groups is 2. The van der Waals surface area contributed by atoms with Gasteiger partial charge >= 0.3 is 0 Å². The van der Waals surface area contributed by atoms with Gasteiger partial charge in [0.1, 0.15) is 30.0 Å². The van der Waals surface area contributed by atoms with Crippen molar-refractivity contribution < 1.29 is 37.9 Å². The van der Waals surface area contributed by atoms with Crippen molar-refractivity contribution in [2.24, 2.45) is 11.8 Å². The number of nitrogens with zero attached hydrogens (tertiary/aromatic N) is 6. The van der Waals surface area contributed by atoms with Crippen molar-refractivity contribution in [1.29, 1.82) is 0 Å². The maximum atomic E-state index is 14.1. The van der Waals surface area contributed by atoms with Crippen LogP contribution in [0.3, 0.4) is 0 Å². The number of amides is 5. The van der Waals surface area contributed by atoms with Crippen LogP contribution in [0.2, 0.25) is 0 Å². The van der Waals surface area contributed by atoms with Gasteiger partial charge in [-0.2, -0.15) is 0 Å². The molecule has 6 heterocycles. The van der Waals surface area contributed by atoms with Crippen LogP contribution < -0.4 is 20.3 Å². The van der Waals surface area contributed by atoms with E-state index in [1.807, 2.05) is 49.5 Å². The van der Waals surface area contributed by atoms with E-state index in [1.54, 1.807) is 24.3 Å². The summed E-state index contributed by atoms with van der Waals surface area (Å²) in [5, 5.41) is 6.28. The molecule has 1 aliphatic carbocycles. The second kappa shape index (κ2) is 20.7. The molecular formula is C54H63FN8O7. The van der Waals surface area contributed by atoms with Gasteiger partial charge in [0.15, 0.2) is 0 Å². The van der Waals surface area contributed by atoms with Crippen LogP contribution in [0.5, 0.6) is 5.75 Å². The van der Waals surface area contributed by atoms with E-state index < -0.39 is 29.7 Å². The standard InChI is InChI=1S/C54H63FN8O7/c1-34(35-5-7-36(8-6-35)44-15-20-56-48-12-9-37(55)29-46(44)48)51(66)57-38-3-2-4-43(30-38)70-42-18-21-59(22-19-42)32-41(33-64)60-23-16-39(17-24-60)61-25-27-62(28-26-61)40-10-11-45-47(31-40)54(69)63(53(45)68)49-13-14-50(65)58-52(49)67/h2-4,9-12,15,20,29-31,33-36,39,41-42,49H,5-8,13-14,16-19,21-28,32H2,1H3,(H,57,66)(H,58,65,67)/t34-,35-,36+,41?,49?/m1/s1. The minimum absolute atomic E-state index is 0.00933. The smallest absolute Gasteiger partial charge is 0.262 e. The third kappa shape index (κ3) is 10.1. The second-order valence-electron chi connectivity index (χ2n) is 20.3. The van der Waals surface area contributed by atoms with E-state index in [0.717, 1.165) is 149 Å². The quantitative estimate of drug-likeness (QED) is 0.119. The van der Waals surface area contributed by atoms with E-state index in [0.29, 0.717) is 24.1 Å². The number of benzene rings is 3. The Labute approximate surface area is 408 Å². The van der Waals surface area contributed by atoms with Gasteiger partial charge in [-0.1, -0.05) is 13.0 Å². The highest BCUT2D eigenvalue weighted by Crippen LogP contribution is 2.41. The molecule has 0 radical (unpaired) electrons. The lowest BCUT2D eigenvalue weighted by Gasteiger charge is -2.45. The number of ether oxygens (including phenoxy) is 1. The fraction of sp³-hybridized carbons (Fsp3) is 0.500. The number of hydrogen-bond acceptors (Lipinski definition) is 12. The van der Waals surface area contributed by atoms with Crippen molar-refractivity contribution >= 4 is 58.1 Å². The lowest BCUT2D eigenvalue weighted by Crippen LogP contribution is -2.56. The highest BCUT2D eigenvalue weighted by molar-refractivity contribution is 6.23. The van der Waals surface area contributed by atoms with Gasteiger partial charge in [0.2, 0.25) is 17.7 Å². The van der Waals surface area contributed by atoms with Crippen molar-refractivity contribution in [1.82, 2.24) is 29.9 Å². The number of aromatic nitrogens is 1. The lowest BCUT2D eigenvalue weighted by molar-refractivity contribution is -0.136. The van der Waals surface area contributed by atoms with Gasteiger partial charge in [-0.3, -0.25) is 49.0 Å². The van der Waals surface area contributed by atoms with Crippen molar-refractivity contribution in [3.63, 3.8) is 0 Å². The SMILES string of the molecule is C[C@@H](C(=O)Nc1cccc(OC2CCN(CC(C=O)N3CCC(N4CCN(c5ccc6c(c5)C(=O)N(C5CCC(=O)NC5=O)C6=O)CC4)CC3)CC2)c1)[C@H]1CC[C@@H](c2ccnc3ccc(F)cc32)CC1. The number of piperidine rings is 3. The first kappa shape index (κ1) is 47.6. The average molecular weight is 955 g/mol. The van der Waals surface area contributed by atoms with Gasteiger partial charge < -0.3 is 24.6 Å². The number of halogens is 1. The van der Waals surface area contributed by atoms with E-state index in [4.69, 9.17) is 4.74 Å². The molecular weight excluding hydrogens is 892 g/mol. The van der Waals surface area contributed by atoms with E-state index in [1.165, 1.54) is 6.07 Å². The first-order valence-electron chi connectivity index (χ1n) is 25.4. The van der Waals surface area contributed by atoms with Crippen LogP contribution in [0, 0.1) is 17.7 Å². The molecule has 2 unspecified atom stereocenters. The number of hydrogen-bond donors (Lipinski definition) is 2. The van der Waals surface area contributed by atoms with Gasteiger partial charge in [-0.15, -0.1) is 0 Å². The molecule has 15 nitrogen and oxygen atoms in total. The molecule has 1 saturated carbocycles. The second-order valence-corrected chi connectivity index (χ2v) is 20.3. The van der Waals surface area contributed by atoms with Crippen molar-refractivity contribution in [2.45, 2.75) is 101 Å². The average Bonchev–Trinajstić information content (AvgIpc) is 3.63. The van der Waals surface area contributed by atoms with Gasteiger partial charge in [0.05, 0.1) is 22.7 Å². The van der Waals surface area contributed by atoms with Gasteiger partial charge in [0.25, 0.3) is 11.8 Å². The summed E-state index contributed by atoms with van der Waals surface area (Å²) in [7, 11) is 0.